The van der Waals surface area contributed by atoms with Crippen LogP contribution >= 0.6 is 31.9 Å². The lowest BCUT2D eigenvalue weighted by Crippen LogP contribution is -2.27. The van der Waals surface area contributed by atoms with Crippen molar-refractivity contribution in [1.29, 1.82) is 5.26 Å². The molecule has 0 radical (unpaired) electrons. The first-order chi connectivity index (χ1) is 9.11. The molecule has 2 rings (SSSR count). The van der Waals surface area contributed by atoms with Gasteiger partial charge in [-0.05, 0) is 69.3 Å². The van der Waals surface area contributed by atoms with E-state index in [-0.39, 0.29) is 12.0 Å². The van der Waals surface area contributed by atoms with Crippen LogP contribution in [0, 0.1) is 24.2 Å². The minimum atomic E-state index is 0.114. The first kappa shape index (κ1) is 14.9. The van der Waals surface area contributed by atoms with Crippen LogP contribution in [-0.4, -0.2) is 6.04 Å². The Morgan fingerprint density at radius 2 is 1.79 bits per heavy atom. The van der Waals surface area contributed by atoms with Crippen molar-refractivity contribution < 1.29 is 0 Å². The number of nitrogens with zero attached hydrogens (tertiary/aromatic N) is 1. The predicted octanol–water partition coefficient (Wildman–Crippen LogP) is 5.40. The first-order valence-electron chi connectivity index (χ1n) is 6.73. The molecule has 0 spiro atoms. The van der Waals surface area contributed by atoms with Gasteiger partial charge in [0.15, 0.2) is 0 Å². The van der Waals surface area contributed by atoms with E-state index in [9.17, 15) is 5.26 Å². The minimum Gasteiger partial charge on any atom is -0.379 e. The molecule has 0 saturated heterocycles. The van der Waals surface area contributed by atoms with Gasteiger partial charge in [-0.2, -0.15) is 5.26 Å². The molecule has 1 aromatic carbocycles. The Labute approximate surface area is 131 Å². The molecule has 0 heterocycles. The van der Waals surface area contributed by atoms with E-state index in [0.29, 0.717) is 0 Å². The average Bonchev–Trinajstić information content (AvgIpc) is 2.58. The minimum absolute atomic E-state index is 0.114. The molecule has 2 nitrogen and oxygen atoms in total. The molecule has 0 aliphatic heterocycles. The van der Waals surface area contributed by atoms with E-state index in [1.807, 2.05) is 0 Å². The Kier molecular flexibility index (Phi) is 5.29. The molecule has 4 heteroatoms. The molecule has 1 N–H and O–H groups in total. The van der Waals surface area contributed by atoms with Gasteiger partial charge in [0, 0.05) is 15.0 Å². The molecule has 1 fully saturated rings. The summed E-state index contributed by atoms with van der Waals surface area (Å²) in [6.07, 6.45) is 5.70. The maximum Gasteiger partial charge on any atom is 0.0677 e. The molecule has 2 atom stereocenters. The van der Waals surface area contributed by atoms with E-state index < -0.39 is 0 Å². The van der Waals surface area contributed by atoms with Crippen molar-refractivity contribution in [3.8, 4) is 6.07 Å². The molecule has 0 amide bonds. The average molecular weight is 386 g/mol. The van der Waals surface area contributed by atoms with Crippen LogP contribution in [0.2, 0.25) is 0 Å². The van der Waals surface area contributed by atoms with E-state index in [0.717, 1.165) is 27.5 Å². The van der Waals surface area contributed by atoms with Gasteiger partial charge in [0.1, 0.15) is 0 Å². The zero-order valence-corrected chi connectivity index (χ0v) is 14.2. The lowest BCUT2D eigenvalue weighted by molar-refractivity contribution is 0.514. The number of hydrogen-bond donors (Lipinski definition) is 1. The molecule has 2 unspecified atom stereocenters. The van der Waals surface area contributed by atoms with Gasteiger partial charge in [-0.1, -0.05) is 19.3 Å². The number of halogens is 2. The highest BCUT2D eigenvalue weighted by atomic mass is 79.9. The van der Waals surface area contributed by atoms with Gasteiger partial charge in [-0.25, -0.2) is 0 Å². The summed E-state index contributed by atoms with van der Waals surface area (Å²) < 4.78 is 2.11. The van der Waals surface area contributed by atoms with Crippen LogP contribution in [0.25, 0.3) is 0 Å². The lowest BCUT2D eigenvalue weighted by atomic mass is 9.96. The summed E-state index contributed by atoms with van der Waals surface area (Å²) in [6, 6.07) is 6.93. The topological polar surface area (TPSA) is 35.8 Å². The Morgan fingerprint density at radius 3 is 2.42 bits per heavy atom. The summed E-state index contributed by atoms with van der Waals surface area (Å²) in [4.78, 5) is 0. The molecule has 19 heavy (non-hydrogen) atoms. The molecule has 1 aliphatic rings. The van der Waals surface area contributed by atoms with Gasteiger partial charge in [-0.15, -0.1) is 0 Å². The van der Waals surface area contributed by atoms with Crippen molar-refractivity contribution in [2.45, 2.75) is 45.1 Å². The van der Waals surface area contributed by atoms with E-state index in [2.05, 4.69) is 62.3 Å². The highest BCUT2D eigenvalue weighted by Gasteiger charge is 2.24. The van der Waals surface area contributed by atoms with Crippen LogP contribution in [0.5, 0.6) is 0 Å². The standard InChI is InChI=1S/C15H18Br2N2/c1-10-7-12(16)15(13(17)8-10)19-14-6-4-2-3-5-11(14)9-18/h7-8,11,14,19H,2-6H2,1H3. The first-order valence-corrected chi connectivity index (χ1v) is 8.32. The van der Waals surface area contributed by atoms with Crippen molar-refractivity contribution >= 4 is 37.5 Å². The Bertz CT molecular complexity index is 470. The SMILES string of the molecule is Cc1cc(Br)c(NC2CCCCCC2C#N)c(Br)c1. The van der Waals surface area contributed by atoms with Crippen molar-refractivity contribution in [3.63, 3.8) is 0 Å². The number of nitriles is 1. The van der Waals surface area contributed by atoms with Crippen LogP contribution in [0.4, 0.5) is 5.69 Å². The second kappa shape index (κ2) is 6.76. The molecule has 1 saturated carbocycles. The summed E-state index contributed by atoms with van der Waals surface area (Å²) in [6.45, 7) is 2.07. The summed E-state index contributed by atoms with van der Waals surface area (Å²) in [7, 11) is 0. The number of nitrogens with one attached hydrogen (secondary N) is 1. The maximum absolute atomic E-state index is 9.33. The largest absolute Gasteiger partial charge is 0.379 e. The summed E-state index contributed by atoms with van der Waals surface area (Å²) in [5, 5.41) is 12.9. The Hall–Kier alpha value is -0.530. The number of hydrogen-bond acceptors (Lipinski definition) is 2. The number of anilines is 1. The Morgan fingerprint density at radius 1 is 1.16 bits per heavy atom. The van der Waals surface area contributed by atoms with Gasteiger partial charge in [0.25, 0.3) is 0 Å². The zero-order chi connectivity index (χ0) is 13.8. The van der Waals surface area contributed by atoms with Gasteiger partial charge in [-0.3, -0.25) is 0 Å². The van der Waals surface area contributed by atoms with Crippen molar-refractivity contribution in [2.24, 2.45) is 5.92 Å². The smallest absolute Gasteiger partial charge is 0.0677 e. The second-order valence-corrected chi connectivity index (χ2v) is 6.94. The summed E-state index contributed by atoms with van der Waals surface area (Å²) in [5.74, 6) is 0.114. The van der Waals surface area contributed by atoms with E-state index in [1.54, 1.807) is 0 Å². The third-order valence-corrected chi connectivity index (χ3v) is 4.95. The predicted molar refractivity (Wildman–Crippen MR) is 86.2 cm³/mol. The van der Waals surface area contributed by atoms with E-state index in [4.69, 9.17) is 0 Å². The van der Waals surface area contributed by atoms with Gasteiger partial charge in [0.05, 0.1) is 17.7 Å². The zero-order valence-electron chi connectivity index (χ0n) is 11.0. The van der Waals surface area contributed by atoms with Gasteiger partial charge >= 0.3 is 0 Å². The number of aryl methyl sites for hydroxylation is 1. The molecule has 1 aromatic rings. The molecule has 0 aromatic heterocycles. The van der Waals surface area contributed by atoms with Crippen LogP contribution < -0.4 is 5.32 Å². The van der Waals surface area contributed by atoms with Crippen molar-refractivity contribution in [1.82, 2.24) is 0 Å². The monoisotopic (exact) mass is 384 g/mol. The fourth-order valence-electron chi connectivity index (χ4n) is 2.66. The van der Waals surface area contributed by atoms with Crippen LogP contribution in [0.3, 0.4) is 0 Å². The highest BCUT2D eigenvalue weighted by Crippen LogP contribution is 2.35. The Balaban J connectivity index is 2.22. The third kappa shape index (κ3) is 3.73. The molecule has 1 aliphatic carbocycles. The second-order valence-electron chi connectivity index (χ2n) is 5.23. The van der Waals surface area contributed by atoms with Crippen molar-refractivity contribution in [3.05, 3.63) is 26.6 Å². The highest BCUT2D eigenvalue weighted by molar-refractivity contribution is 9.11. The molecule has 102 valence electrons. The number of rotatable bonds is 2. The fourth-order valence-corrected chi connectivity index (χ4v) is 4.30. The number of benzene rings is 1. The van der Waals surface area contributed by atoms with E-state index in [1.165, 1.54) is 24.8 Å². The van der Waals surface area contributed by atoms with E-state index >= 15 is 0 Å². The van der Waals surface area contributed by atoms with Crippen LogP contribution in [0.15, 0.2) is 21.1 Å². The normalized spacial score (nSPS) is 23.5. The quantitative estimate of drug-likeness (QED) is 0.691. The van der Waals surface area contributed by atoms with Gasteiger partial charge in [0.2, 0.25) is 0 Å². The lowest BCUT2D eigenvalue weighted by Gasteiger charge is -2.24. The summed E-state index contributed by atoms with van der Waals surface area (Å²) >= 11 is 7.22. The third-order valence-electron chi connectivity index (χ3n) is 3.70. The van der Waals surface area contributed by atoms with Crippen LogP contribution in [-0.2, 0) is 0 Å². The molecular formula is C15H18Br2N2. The molecular weight excluding hydrogens is 368 g/mol. The van der Waals surface area contributed by atoms with Gasteiger partial charge < -0.3 is 5.32 Å². The van der Waals surface area contributed by atoms with Crippen molar-refractivity contribution in [2.75, 3.05) is 5.32 Å². The maximum atomic E-state index is 9.33. The molecule has 0 bridgehead atoms. The van der Waals surface area contributed by atoms with Crippen LogP contribution in [0.1, 0.15) is 37.7 Å². The summed E-state index contributed by atoms with van der Waals surface area (Å²) in [5.41, 5.74) is 2.28. The fraction of sp³-hybridized carbons (Fsp3) is 0.533.